The van der Waals surface area contributed by atoms with Gasteiger partial charge in [0.15, 0.2) is 5.96 Å². The second-order valence-electron chi connectivity index (χ2n) is 9.48. The van der Waals surface area contributed by atoms with Crippen molar-refractivity contribution in [3.63, 3.8) is 0 Å². The molecule has 7 heteroatoms. The molecule has 0 aromatic heterocycles. The third-order valence-corrected chi connectivity index (χ3v) is 8.11. The molecule has 4 aliphatic carbocycles. The average Bonchev–Trinajstić information content (AvgIpc) is 3.50. The molecule has 1 heterocycles. The molecule has 7 unspecified atom stereocenters. The highest BCUT2D eigenvalue weighted by atomic mass is 127. The summed E-state index contributed by atoms with van der Waals surface area (Å²) in [5.41, 5.74) is 0. The Bertz CT molecular complexity index is 694. The molecule has 4 bridgehead atoms. The van der Waals surface area contributed by atoms with Crippen LogP contribution >= 0.6 is 24.0 Å². The minimum atomic E-state index is -0.0957. The van der Waals surface area contributed by atoms with Crippen molar-refractivity contribution >= 4 is 41.8 Å². The molecule has 0 radical (unpaired) electrons. The zero-order valence-electron chi connectivity index (χ0n) is 17.2. The lowest BCUT2D eigenvalue weighted by Crippen LogP contribution is -2.44. The molecule has 160 valence electrons. The molecule has 5 aliphatic rings. The lowest BCUT2D eigenvalue weighted by molar-refractivity contribution is -0.140. The number of fused-ring (bicyclic) bond motifs is 7. The van der Waals surface area contributed by atoms with E-state index < -0.39 is 0 Å². The molecule has 0 aromatic rings. The molecule has 29 heavy (non-hydrogen) atoms. The van der Waals surface area contributed by atoms with E-state index in [4.69, 9.17) is 0 Å². The molecule has 0 spiro atoms. The lowest BCUT2D eigenvalue weighted by atomic mass is 9.85. The molecule has 1 aliphatic heterocycles. The summed E-state index contributed by atoms with van der Waals surface area (Å²) in [4.78, 5) is 31.2. The molecule has 1 saturated heterocycles. The largest absolute Gasteiger partial charge is 0.356 e. The van der Waals surface area contributed by atoms with E-state index in [2.05, 4.69) is 27.8 Å². The summed E-state index contributed by atoms with van der Waals surface area (Å²) in [6.45, 7) is 1.92. The Kier molecular flexibility index (Phi) is 6.23. The number of likely N-dealkylation sites (tertiary alicyclic amines) is 1. The van der Waals surface area contributed by atoms with Crippen LogP contribution in [0.1, 0.15) is 38.5 Å². The van der Waals surface area contributed by atoms with Crippen LogP contribution < -0.4 is 10.6 Å². The summed E-state index contributed by atoms with van der Waals surface area (Å²) < 4.78 is 0. The number of rotatable bonds is 6. The highest BCUT2D eigenvalue weighted by Crippen LogP contribution is 2.52. The quantitative estimate of drug-likeness (QED) is 0.189. The minimum Gasteiger partial charge on any atom is -0.356 e. The predicted molar refractivity (Wildman–Crippen MR) is 123 cm³/mol. The number of halogens is 1. The van der Waals surface area contributed by atoms with Gasteiger partial charge in [0.2, 0.25) is 11.8 Å². The fraction of sp³-hybridized carbons (Fsp3) is 0.773. The molecule has 3 saturated carbocycles. The first-order valence-electron chi connectivity index (χ1n) is 11.1. The maximum absolute atomic E-state index is 12.7. The van der Waals surface area contributed by atoms with E-state index in [1.807, 2.05) is 0 Å². The number of carbonyl (C=O) groups excluding carboxylic acids is 2. The van der Waals surface area contributed by atoms with Crippen LogP contribution in [0.5, 0.6) is 0 Å². The second kappa shape index (κ2) is 8.55. The first-order valence-corrected chi connectivity index (χ1v) is 11.1. The summed E-state index contributed by atoms with van der Waals surface area (Å²) in [7, 11) is 1.77. The third-order valence-electron chi connectivity index (χ3n) is 8.11. The number of aliphatic imine (C=N–C) groups is 1. The van der Waals surface area contributed by atoms with Crippen molar-refractivity contribution < 1.29 is 9.59 Å². The highest BCUT2D eigenvalue weighted by molar-refractivity contribution is 14.0. The number of amides is 2. The Morgan fingerprint density at radius 3 is 2.31 bits per heavy atom. The van der Waals surface area contributed by atoms with Gasteiger partial charge in [-0.1, -0.05) is 18.6 Å². The van der Waals surface area contributed by atoms with E-state index in [0.717, 1.165) is 36.7 Å². The van der Waals surface area contributed by atoms with Crippen molar-refractivity contribution in [3.05, 3.63) is 12.2 Å². The zero-order chi connectivity index (χ0) is 19.3. The first-order chi connectivity index (χ1) is 13.7. The van der Waals surface area contributed by atoms with Crippen molar-refractivity contribution in [1.82, 2.24) is 15.5 Å². The van der Waals surface area contributed by atoms with Gasteiger partial charge in [-0.25, -0.2) is 0 Å². The van der Waals surface area contributed by atoms with Crippen molar-refractivity contribution in [3.8, 4) is 0 Å². The van der Waals surface area contributed by atoms with Crippen LogP contribution in [0.4, 0.5) is 0 Å². The monoisotopic (exact) mass is 512 g/mol. The number of carbonyl (C=O) groups is 2. The number of allylic oxidation sites excluding steroid dienone is 2. The van der Waals surface area contributed by atoms with Crippen molar-refractivity contribution in [2.45, 2.75) is 38.5 Å². The van der Waals surface area contributed by atoms with Crippen LogP contribution in [-0.2, 0) is 9.59 Å². The fourth-order valence-electron chi connectivity index (χ4n) is 6.80. The Morgan fingerprint density at radius 1 is 1.03 bits per heavy atom. The number of hydrogen-bond donors (Lipinski definition) is 2. The van der Waals surface area contributed by atoms with Crippen LogP contribution in [0, 0.1) is 41.4 Å². The average molecular weight is 512 g/mol. The maximum Gasteiger partial charge on any atom is 0.233 e. The number of guanidine groups is 1. The summed E-state index contributed by atoms with van der Waals surface area (Å²) in [5.74, 6) is 4.04. The van der Waals surface area contributed by atoms with Gasteiger partial charge in [0, 0.05) is 26.7 Å². The summed E-state index contributed by atoms with van der Waals surface area (Å²) in [5, 5.41) is 6.69. The van der Waals surface area contributed by atoms with Gasteiger partial charge in [-0.15, -0.1) is 24.0 Å². The number of nitrogens with one attached hydrogen (secondary N) is 2. The van der Waals surface area contributed by atoms with Crippen LogP contribution in [0.15, 0.2) is 17.1 Å². The normalized spacial score (nSPS) is 39.3. The van der Waals surface area contributed by atoms with Crippen LogP contribution in [-0.4, -0.2) is 49.4 Å². The SMILES string of the molecule is CN=C(NCCC1CC2CCC1C2)NCCN1C(=O)C2C3C=CC(C3)C2C1=O.I. The molecule has 5 rings (SSSR count). The van der Waals surface area contributed by atoms with Crippen molar-refractivity contribution in [2.24, 2.45) is 46.4 Å². The van der Waals surface area contributed by atoms with E-state index in [9.17, 15) is 9.59 Å². The summed E-state index contributed by atoms with van der Waals surface area (Å²) in [6.07, 6.45) is 12.2. The Labute approximate surface area is 190 Å². The van der Waals surface area contributed by atoms with Crippen LogP contribution in [0.25, 0.3) is 0 Å². The van der Waals surface area contributed by atoms with Gasteiger partial charge in [0.25, 0.3) is 0 Å². The molecular formula is C22H33IN4O2. The van der Waals surface area contributed by atoms with Gasteiger partial charge in [0.1, 0.15) is 0 Å². The van der Waals surface area contributed by atoms with Gasteiger partial charge in [-0.05, 0) is 61.7 Å². The molecule has 0 aromatic carbocycles. The highest BCUT2D eigenvalue weighted by Gasteiger charge is 2.58. The maximum atomic E-state index is 12.7. The van der Waals surface area contributed by atoms with Crippen molar-refractivity contribution in [1.29, 1.82) is 0 Å². The molecule has 7 atom stereocenters. The zero-order valence-corrected chi connectivity index (χ0v) is 19.5. The minimum absolute atomic E-state index is 0. The second-order valence-corrected chi connectivity index (χ2v) is 9.48. The molecule has 2 N–H and O–H groups in total. The summed E-state index contributed by atoms with van der Waals surface area (Å²) >= 11 is 0. The molecule has 2 amide bonds. The Hall–Kier alpha value is -1.12. The van der Waals surface area contributed by atoms with Gasteiger partial charge in [-0.3, -0.25) is 19.5 Å². The van der Waals surface area contributed by atoms with Crippen molar-refractivity contribution in [2.75, 3.05) is 26.7 Å². The van der Waals surface area contributed by atoms with E-state index >= 15 is 0 Å². The summed E-state index contributed by atoms with van der Waals surface area (Å²) in [6, 6.07) is 0. The fourth-order valence-corrected chi connectivity index (χ4v) is 6.80. The predicted octanol–water partition coefficient (Wildman–Crippen LogP) is 2.40. The Balaban J connectivity index is 0.00000205. The molecule has 4 fully saturated rings. The number of imide groups is 1. The van der Waals surface area contributed by atoms with E-state index in [-0.39, 0.29) is 59.5 Å². The van der Waals surface area contributed by atoms with E-state index in [1.54, 1.807) is 7.05 Å². The Morgan fingerprint density at radius 2 is 1.72 bits per heavy atom. The smallest absolute Gasteiger partial charge is 0.233 e. The van der Waals surface area contributed by atoms with Crippen LogP contribution in [0.2, 0.25) is 0 Å². The first kappa shape index (κ1) is 21.1. The van der Waals surface area contributed by atoms with E-state index in [0.29, 0.717) is 13.1 Å². The van der Waals surface area contributed by atoms with E-state index in [1.165, 1.54) is 37.0 Å². The van der Waals surface area contributed by atoms with Gasteiger partial charge in [-0.2, -0.15) is 0 Å². The number of nitrogens with zero attached hydrogens (tertiary/aromatic N) is 2. The lowest BCUT2D eigenvalue weighted by Gasteiger charge is -2.22. The molecular weight excluding hydrogens is 479 g/mol. The van der Waals surface area contributed by atoms with Gasteiger partial charge in [0.05, 0.1) is 11.8 Å². The van der Waals surface area contributed by atoms with Gasteiger partial charge < -0.3 is 10.6 Å². The molecule has 6 nitrogen and oxygen atoms in total. The third kappa shape index (κ3) is 3.72. The van der Waals surface area contributed by atoms with Gasteiger partial charge >= 0.3 is 0 Å². The van der Waals surface area contributed by atoms with Crippen LogP contribution in [0.3, 0.4) is 0 Å². The topological polar surface area (TPSA) is 73.8 Å². The standard InChI is InChI=1S/C22H32N4O2.HI/c1-23-22(24-7-6-15-11-13-2-3-14(15)10-13)25-8-9-26-20(27)18-16-4-5-17(12-16)19(18)21(26)28;/h4-5,13-19H,2-3,6-12H2,1H3,(H2,23,24,25);1H. The number of hydrogen-bond acceptors (Lipinski definition) is 3.